The van der Waals surface area contributed by atoms with Crippen LogP contribution in [0.2, 0.25) is 0 Å². The Morgan fingerprint density at radius 3 is 2.31 bits per heavy atom. The van der Waals surface area contributed by atoms with Crippen LogP contribution in [0.5, 0.6) is 5.06 Å². The Morgan fingerprint density at radius 1 is 1.19 bits per heavy atom. The van der Waals surface area contributed by atoms with Crippen molar-refractivity contribution in [3.8, 4) is 5.06 Å². The quantitative estimate of drug-likeness (QED) is 0.544. The summed E-state index contributed by atoms with van der Waals surface area (Å²) in [5.41, 5.74) is 2.36. The molecule has 0 spiro atoms. The second-order valence-electron chi connectivity index (χ2n) is 5.31. The molecule has 0 saturated carbocycles. The molecule has 0 amide bonds. The second kappa shape index (κ2) is 8.97. The molecule has 0 radical (unpaired) electrons. The third kappa shape index (κ3) is 5.30. The van der Waals surface area contributed by atoms with Crippen molar-refractivity contribution in [3.05, 3.63) is 52.4 Å². The van der Waals surface area contributed by atoms with Gasteiger partial charge in [-0.1, -0.05) is 24.3 Å². The molecule has 1 aliphatic rings. The number of hydrogen-bond donors (Lipinski definition) is 3. The van der Waals surface area contributed by atoms with Crippen molar-refractivity contribution in [2.45, 2.75) is 6.42 Å². The van der Waals surface area contributed by atoms with Crippen LogP contribution in [0, 0.1) is 0 Å². The molecule has 0 fully saturated rings. The van der Waals surface area contributed by atoms with Crippen molar-refractivity contribution >= 4 is 29.1 Å². The van der Waals surface area contributed by atoms with Gasteiger partial charge in [0.15, 0.2) is 5.06 Å². The SMILES string of the molecule is COc1ccc(Cc2ccc(C3=NCCN3N)cc2)s1.O=C(O)C(=O)O. The van der Waals surface area contributed by atoms with Crippen LogP contribution in [0.25, 0.3) is 0 Å². The maximum Gasteiger partial charge on any atom is 0.414 e. The van der Waals surface area contributed by atoms with E-state index >= 15 is 0 Å². The summed E-state index contributed by atoms with van der Waals surface area (Å²) in [6.07, 6.45) is 0.924. The van der Waals surface area contributed by atoms with Crippen LogP contribution in [0.4, 0.5) is 0 Å². The fourth-order valence-corrected chi connectivity index (χ4v) is 3.11. The molecule has 0 atom stereocenters. The number of carboxylic acids is 2. The van der Waals surface area contributed by atoms with Crippen LogP contribution < -0.4 is 10.6 Å². The van der Waals surface area contributed by atoms with Crippen LogP contribution >= 0.6 is 11.3 Å². The van der Waals surface area contributed by atoms with Gasteiger partial charge >= 0.3 is 11.9 Å². The molecule has 2 aromatic rings. The average Bonchev–Trinajstić information content (AvgIpc) is 3.25. The van der Waals surface area contributed by atoms with Gasteiger partial charge in [-0.25, -0.2) is 15.4 Å². The highest BCUT2D eigenvalue weighted by molar-refractivity contribution is 7.13. The van der Waals surface area contributed by atoms with Gasteiger partial charge in [0.2, 0.25) is 0 Å². The number of nitrogens with two attached hydrogens (primary N) is 1. The molecule has 0 saturated heterocycles. The molecule has 9 heteroatoms. The number of aliphatic carboxylic acids is 2. The van der Waals surface area contributed by atoms with E-state index < -0.39 is 11.9 Å². The maximum absolute atomic E-state index is 9.10. The number of benzene rings is 1. The predicted octanol–water partition coefficient (Wildman–Crippen LogP) is 1.44. The van der Waals surface area contributed by atoms with E-state index in [2.05, 4.69) is 35.3 Å². The zero-order valence-electron chi connectivity index (χ0n) is 14.1. The number of nitrogens with zero attached hydrogens (tertiary/aromatic N) is 2. The number of hydrogen-bond acceptors (Lipinski definition) is 7. The van der Waals surface area contributed by atoms with Gasteiger partial charge in [-0.3, -0.25) is 10.0 Å². The van der Waals surface area contributed by atoms with Gasteiger partial charge < -0.3 is 14.9 Å². The van der Waals surface area contributed by atoms with E-state index in [9.17, 15) is 0 Å². The fraction of sp³-hybridized carbons (Fsp3) is 0.235. The summed E-state index contributed by atoms with van der Waals surface area (Å²) in [5, 5.41) is 17.4. The first-order valence-electron chi connectivity index (χ1n) is 7.65. The van der Waals surface area contributed by atoms with E-state index in [1.807, 2.05) is 6.07 Å². The Labute approximate surface area is 154 Å². The van der Waals surface area contributed by atoms with Crippen LogP contribution in [-0.4, -0.2) is 53.2 Å². The molecule has 26 heavy (non-hydrogen) atoms. The Kier molecular flexibility index (Phi) is 6.70. The van der Waals surface area contributed by atoms with E-state index in [0.717, 1.165) is 36.0 Å². The normalized spacial score (nSPS) is 12.8. The van der Waals surface area contributed by atoms with Crippen molar-refractivity contribution in [2.24, 2.45) is 10.8 Å². The summed E-state index contributed by atoms with van der Waals surface area (Å²) >= 11 is 1.68. The van der Waals surface area contributed by atoms with Crippen LogP contribution in [0.1, 0.15) is 16.0 Å². The third-order valence-electron chi connectivity index (χ3n) is 3.49. The molecule has 0 unspecified atom stereocenters. The highest BCUT2D eigenvalue weighted by Crippen LogP contribution is 2.26. The number of rotatable bonds is 4. The van der Waals surface area contributed by atoms with Crippen molar-refractivity contribution < 1.29 is 24.5 Å². The minimum Gasteiger partial charge on any atom is -0.487 e. The number of methoxy groups -OCH3 is 1. The number of hydrazine groups is 1. The van der Waals surface area contributed by atoms with Gasteiger partial charge in [-0.15, -0.1) is 11.3 Å². The molecule has 0 aliphatic carbocycles. The molecule has 3 rings (SSSR count). The first-order chi connectivity index (χ1) is 12.4. The lowest BCUT2D eigenvalue weighted by Crippen LogP contribution is -2.34. The lowest BCUT2D eigenvalue weighted by molar-refractivity contribution is -0.159. The highest BCUT2D eigenvalue weighted by Gasteiger charge is 2.14. The van der Waals surface area contributed by atoms with Gasteiger partial charge in [-0.05, 0) is 17.7 Å². The highest BCUT2D eigenvalue weighted by atomic mass is 32.1. The number of carbonyl (C=O) groups is 2. The maximum atomic E-state index is 9.10. The van der Waals surface area contributed by atoms with Crippen molar-refractivity contribution in [2.75, 3.05) is 20.2 Å². The predicted molar refractivity (Wildman–Crippen MR) is 97.7 cm³/mol. The zero-order valence-corrected chi connectivity index (χ0v) is 14.9. The number of thiophene rings is 1. The van der Waals surface area contributed by atoms with Gasteiger partial charge in [0.05, 0.1) is 20.2 Å². The minimum atomic E-state index is -1.82. The van der Waals surface area contributed by atoms with Crippen molar-refractivity contribution in [1.82, 2.24) is 5.01 Å². The van der Waals surface area contributed by atoms with Gasteiger partial charge in [0.1, 0.15) is 5.84 Å². The van der Waals surface area contributed by atoms with E-state index in [0.29, 0.717) is 0 Å². The van der Waals surface area contributed by atoms with E-state index in [1.54, 1.807) is 23.5 Å². The molecule has 138 valence electrons. The van der Waals surface area contributed by atoms with Gasteiger partial charge in [0, 0.05) is 16.9 Å². The summed E-state index contributed by atoms with van der Waals surface area (Å²) in [5.74, 6) is 3.12. The minimum absolute atomic E-state index is 0.780. The lowest BCUT2D eigenvalue weighted by Gasteiger charge is -2.13. The molecular weight excluding hydrogens is 358 g/mol. The van der Waals surface area contributed by atoms with E-state index in [1.165, 1.54) is 10.4 Å². The van der Waals surface area contributed by atoms with Crippen molar-refractivity contribution in [3.63, 3.8) is 0 Å². The van der Waals surface area contributed by atoms with Gasteiger partial charge in [-0.2, -0.15) is 0 Å². The van der Waals surface area contributed by atoms with Gasteiger partial charge in [0.25, 0.3) is 0 Å². The summed E-state index contributed by atoms with van der Waals surface area (Å²) in [7, 11) is 1.70. The summed E-state index contributed by atoms with van der Waals surface area (Å²) in [6.45, 7) is 1.58. The number of amidine groups is 1. The molecule has 2 heterocycles. The molecule has 8 nitrogen and oxygen atoms in total. The van der Waals surface area contributed by atoms with E-state index in [4.69, 9.17) is 30.4 Å². The summed E-state index contributed by atoms with van der Waals surface area (Å²) in [4.78, 5) is 23.9. The molecule has 1 aromatic heterocycles. The first-order valence-corrected chi connectivity index (χ1v) is 8.47. The largest absolute Gasteiger partial charge is 0.487 e. The smallest absolute Gasteiger partial charge is 0.414 e. The fourth-order valence-electron chi connectivity index (χ4n) is 2.25. The number of ether oxygens (including phenoxy) is 1. The molecular formula is C17H19N3O5S. The Morgan fingerprint density at radius 2 is 1.85 bits per heavy atom. The topological polar surface area (TPSA) is 125 Å². The zero-order chi connectivity index (χ0) is 19.1. The first kappa shape index (κ1) is 19.4. The Bertz CT molecular complexity index is 789. The number of aliphatic imine (C=N–C) groups is 1. The number of carboxylic acid groups (broad SMARTS) is 2. The Balaban J connectivity index is 0.000000352. The van der Waals surface area contributed by atoms with Crippen molar-refractivity contribution in [1.29, 1.82) is 0 Å². The molecule has 1 aliphatic heterocycles. The Hall–Kier alpha value is -2.91. The average molecular weight is 377 g/mol. The third-order valence-corrected chi connectivity index (χ3v) is 4.53. The van der Waals surface area contributed by atoms with Crippen LogP contribution in [0.3, 0.4) is 0 Å². The molecule has 0 bridgehead atoms. The lowest BCUT2D eigenvalue weighted by atomic mass is 10.1. The molecule has 4 N–H and O–H groups in total. The molecule has 1 aromatic carbocycles. The monoisotopic (exact) mass is 377 g/mol. The summed E-state index contributed by atoms with van der Waals surface area (Å²) in [6, 6.07) is 12.6. The van der Waals surface area contributed by atoms with E-state index in [-0.39, 0.29) is 0 Å². The standard InChI is InChI=1S/C15H17N3OS.C2H2O4/c1-19-14-7-6-13(20-14)10-11-2-4-12(5-3-11)15-17-8-9-18(15)16;3-1(4)2(5)6/h2-7H,8-10,16H2,1H3;(H,3,4)(H,5,6). The summed E-state index contributed by atoms with van der Waals surface area (Å²) < 4.78 is 5.21. The van der Waals surface area contributed by atoms with Crippen LogP contribution in [0.15, 0.2) is 41.4 Å². The second-order valence-corrected chi connectivity index (χ2v) is 6.44. The van der Waals surface area contributed by atoms with Crippen LogP contribution in [-0.2, 0) is 16.0 Å².